The molecule has 8 heteroatoms. The number of carbonyl (C=O) groups is 1. The molecule has 0 spiro atoms. The molecule has 0 unspecified atom stereocenters. The number of aromatic nitrogens is 2. The van der Waals surface area contributed by atoms with E-state index in [4.69, 9.17) is 0 Å². The number of aromatic amines is 1. The summed E-state index contributed by atoms with van der Waals surface area (Å²) in [5.74, 6) is 0.0722. The largest absolute Gasteiger partial charge is 0.361 e. The van der Waals surface area contributed by atoms with Crippen molar-refractivity contribution in [2.75, 3.05) is 25.0 Å². The van der Waals surface area contributed by atoms with Crippen LogP contribution in [0.25, 0.3) is 10.9 Å². The van der Waals surface area contributed by atoms with Crippen molar-refractivity contribution in [3.05, 3.63) is 60.3 Å². The van der Waals surface area contributed by atoms with Crippen molar-refractivity contribution in [1.82, 2.24) is 20.6 Å². The van der Waals surface area contributed by atoms with E-state index in [0.717, 1.165) is 16.5 Å². The molecule has 3 aromatic rings. The fourth-order valence-electron chi connectivity index (χ4n) is 2.80. The third-order valence-corrected chi connectivity index (χ3v) is 4.09. The van der Waals surface area contributed by atoms with E-state index in [2.05, 4.69) is 30.9 Å². The average molecular weight is 382 g/mol. The van der Waals surface area contributed by atoms with Crippen LogP contribution in [0.2, 0.25) is 0 Å². The van der Waals surface area contributed by atoms with Crippen molar-refractivity contribution in [2.45, 2.75) is 13.3 Å². The maximum Gasteiger partial charge on any atom is 0.246 e. The number of rotatable bonds is 7. The van der Waals surface area contributed by atoms with Crippen LogP contribution in [0.4, 0.5) is 10.1 Å². The molecule has 1 amide bonds. The smallest absolute Gasteiger partial charge is 0.246 e. The number of fused-ring (bicyclic) bond motifs is 1. The SMILES string of the molecule is CCNC(=NCC(=O)Nc1cccnc1)NCCc1c[nH]c2ccc(F)cc12. The van der Waals surface area contributed by atoms with Gasteiger partial charge >= 0.3 is 0 Å². The van der Waals surface area contributed by atoms with Crippen molar-refractivity contribution in [3.8, 4) is 0 Å². The van der Waals surface area contributed by atoms with Gasteiger partial charge in [0.1, 0.15) is 12.4 Å². The molecule has 0 aliphatic heterocycles. The van der Waals surface area contributed by atoms with Gasteiger partial charge in [-0.05, 0) is 49.2 Å². The average Bonchev–Trinajstić information content (AvgIpc) is 3.09. The molecule has 3 rings (SSSR count). The predicted molar refractivity (Wildman–Crippen MR) is 109 cm³/mol. The third-order valence-electron chi connectivity index (χ3n) is 4.09. The first-order chi connectivity index (χ1) is 13.7. The first-order valence-electron chi connectivity index (χ1n) is 9.13. The number of nitrogens with zero attached hydrogens (tertiary/aromatic N) is 2. The van der Waals surface area contributed by atoms with Crippen molar-refractivity contribution < 1.29 is 9.18 Å². The topological polar surface area (TPSA) is 94.2 Å². The lowest BCUT2D eigenvalue weighted by molar-refractivity contribution is -0.114. The highest BCUT2D eigenvalue weighted by Gasteiger charge is 2.06. The lowest BCUT2D eigenvalue weighted by Crippen LogP contribution is -2.39. The Kier molecular flexibility index (Phi) is 6.56. The number of anilines is 1. The van der Waals surface area contributed by atoms with E-state index in [-0.39, 0.29) is 18.3 Å². The van der Waals surface area contributed by atoms with E-state index in [1.165, 1.54) is 12.1 Å². The summed E-state index contributed by atoms with van der Waals surface area (Å²) in [4.78, 5) is 23.4. The number of carbonyl (C=O) groups excluding carboxylic acids is 1. The highest BCUT2D eigenvalue weighted by atomic mass is 19.1. The van der Waals surface area contributed by atoms with E-state index >= 15 is 0 Å². The van der Waals surface area contributed by atoms with E-state index in [1.54, 1.807) is 30.6 Å². The summed E-state index contributed by atoms with van der Waals surface area (Å²) in [6.45, 7) is 3.21. The van der Waals surface area contributed by atoms with Gasteiger partial charge in [0.15, 0.2) is 5.96 Å². The molecule has 4 N–H and O–H groups in total. The molecule has 2 heterocycles. The molecule has 0 aliphatic carbocycles. The normalized spacial score (nSPS) is 11.4. The highest BCUT2D eigenvalue weighted by Crippen LogP contribution is 2.19. The van der Waals surface area contributed by atoms with Crippen LogP contribution in [-0.4, -0.2) is 41.5 Å². The summed E-state index contributed by atoms with van der Waals surface area (Å²) in [6, 6.07) is 8.22. The first-order valence-corrected chi connectivity index (χ1v) is 9.13. The second-order valence-electron chi connectivity index (χ2n) is 6.17. The van der Waals surface area contributed by atoms with Crippen LogP contribution in [0.15, 0.2) is 53.9 Å². The number of nitrogens with one attached hydrogen (secondary N) is 4. The molecular formula is C20H23FN6O. The van der Waals surface area contributed by atoms with Gasteiger partial charge in [0.2, 0.25) is 5.91 Å². The summed E-state index contributed by atoms with van der Waals surface area (Å²) in [7, 11) is 0. The van der Waals surface area contributed by atoms with Gasteiger partial charge < -0.3 is 20.9 Å². The van der Waals surface area contributed by atoms with Crippen molar-refractivity contribution in [2.24, 2.45) is 4.99 Å². The van der Waals surface area contributed by atoms with Crippen LogP contribution in [0, 0.1) is 5.82 Å². The molecule has 0 fully saturated rings. The van der Waals surface area contributed by atoms with Gasteiger partial charge in [-0.2, -0.15) is 0 Å². The van der Waals surface area contributed by atoms with Crippen LogP contribution in [-0.2, 0) is 11.2 Å². The number of amides is 1. The predicted octanol–water partition coefficient (Wildman–Crippen LogP) is 2.44. The Balaban J connectivity index is 1.54. The second-order valence-corrected chi connectivity index (χ2v) is 6.17. The monoisotopic (exact) mass is 382 g/mol. The minimum absolute atomic E-state index is 0.0114. The van der Waals surface area contributed by atoms with Gasteiger partial charge in [-0.1, -0.05) is 0 Å². The van der Waals surface area contributed by atoms with Gasteiger partial charge in [0.25, 0.3) is 0 Å². The van der Waals surface area contributed by atoms with Crippen molar-refractivity contribution >= 4 is 28.5 Å². The summed E-state index contributed by atoms with van der Waals surface area (Å²) >= 11 is 0. The van der Waals surface area contributed by atoms with Gasteiger partial charge in [0.05, 0.1) is 11.9 Å². The fraction of sp³-hybridized carbons (Fsp3) is 0.250. The summed E-state index contributed by atoms with van der Waals surface area (Å²) in [5, 5.41) is 9.92. The van der Waals surface area contributed by atoms with Gasteiger partial charge in [0, 0.05) is 36.4 Å². The lowest BCUT2D eigenvalue weighted by Gasteiger charge is -2.11. The van der Waals surface area contributed by atoms with Crippen molar-refractivity contribution in [3.63, 3.8) is 0 Å². The fourth-order valence-corrected chi connectivity index (χ4v) is 2.80. The van der Waals surface area contributed by atoms with E-state index in [0.29, 0.717) is 31.2 Å². The quantitative estimate of drug-likeness (QED) is 0.373. The third kappa shape index (κ3) is 5.29. The molecule has 0 saturated heterocycles. The lowest BCUT2D eigenvalue weighted by atomic mass is 10.1. The Morgan fingerprint density at radius 2 is 2.18 bits per heavy atom. The van der Waals surface area contributed by atoms with Crippen LogP contribution < -0.4 is 16.0 Å². The van der Waals surface area contributed by atoms with Crippen LogP contribution in [0.3, 0.4) is 0 Å². The number of pyridine rings is 1. The number of guanidine groups is 1. The minimum atomic E-state index is -0.254. The number of benzene rings is 1. The minimum Gasteiger partial charge on any atom is -0.361 e. The number of aliphatic imine (C=N–C) groups is 1. The zero-order chi connectivity index (χ0) is 19.8. The molecule has 146 valence electrons. The molecule has 7 nitrogen and oxygen atoms in total. The maximum atomic E-state index is 13.5. The second kappa shape index (κ2) is 9.50. The van der Waals surface area contributed by atoms with Crippen molar-refractivity contribution in [1.29, 1.82) is 0 Å². The van der Waals surface area contributed by atoms with Gasteiger partial charge in [-0.25, -0.2) is 9.38 Å². The molecule has 28 heavy (non-hydrogen) atoms. The molecule has 0 bridgehead atoms. The Morgan fingerprint density at radius 3 is 2.96 bits per heavy atom. The molecule has 0 aliphatic rings. The Labute approximate surface area is 162 Å². The van der Waals surface area contributed by atoms with E-state index in [9.17, 15) is 9.18 Å². The summed E-state index contributed by atoms with van der Waals surface area (Å²) in [6.07, 6.45) is 5.80. The molecule has 1 aromatic carbocycles. The molecule has 2 aromatic heterocycles. The first kappa shape index (κ1) is 19.3. The highest BCUT2D eigenvalue weighted by molar-refractivity contribution is 5.94. The Morgan fingerprint density at radius 1 is 1.29 bits per heavy atom. The zero-order valence-corrected chi connectivity index (χ0v) is 15.6. The zero-order valence-electron chi connectivity index (χ0n) is 15.6. The standard InChI is InChI=1S/C20H23FN6O/c1-2-23-20(26-13-19(28)27-16-4-3-8-22-12-16)24-9-7-14-11-25-18-6-5-15(21)10-17(14)18/h3-6,8,10-12,25H,2,7,9,13H2,1H3,(H,27,28)(H2,23,24,26). The Hall–Kier alpha value is -3.42. The van der Waals surface area contributed by atoms with E-state index in [1.807, 2.05) is 13.1 Å². The van der Waals surface area contributed by atoms with E-state index < -0.39 is 0 Å². The van der Waals surface area contributed by atoms with Crippen LogP contribution in [0.5, 0.6) is 0 Å². The van der Waals surface area contributed by atoms with Gasteiger partial charge in [-0.15, -0.1) is 0 Å². The number of halogens is 1. The van der Waals surface area contributed by atoms with Crippen LogP contribution >= 0.6 is 0 Å². The molecule has 0 radical (unpaired) electrons. The maximum absolute atomic E-state index is 13.5. The summed E-state index contributed by atoms with van der Waals surface area (Å²) < 4.78 is 13.5. The van der Waals surface area contributed by atoms with Gasteiger partial charge in [-0.3, -0.25) is 9.78 Å². The number of hydrogen-bond acceptors (Lipinski definition) is 3. The number of hydrogen-bond donors (Lipinski definition) is 4. The van der Waals surface area contributed by atoms with Crippen LogP contribution in [0.1, 0.15) is 12.5 Å². The molecular weight excluding hydrogens is 359 g/mol. The molecule has 0 atom stereocenters. The Bertz CT molecular complexity index is 954. The summed E-state index contributed by atoms with van der Waals surface area (Å²) in [5.41, 5.74) is 2.56. The molecule has 0 saturated carbocycles. The number of H-pyrrole nitrogens is 1.